The number of hydrogen-bond donors (Lipinski definition) is 0. The minimum absolute atomic E-state index is 1.09. The number of benzene rings is 1. The van der Waals surface area contributed by atoms with Crippen LogP contribution in [0.4, 0.5) is 0 Å². The Morgan fingerprint density at radius 2 is 1.93 bits per heavy atom. The van der Waals surface area contributed by atoms with Gasteiger partial charge in [0, 0.05) is 33.4 Å². The van der Waals surface area contributed by atoms with Gasteiger partial charge in [-0.05, 0) is 24.3 Å². The fourth-order valence-corrected chi connectivity index (χ4v) is 2.69. The van der Waals surface area contributed by atoms with Crippen molar-refractivity contribution >= 4 is 31.9 Å². The molecule has 1 nitrogen and oxygen atoms in total. The summed E-state index contributed by atoms with van der Waals surface area (Å²) in [6.45, 7) is 0. The van der Waals surface area contributed by atoms with Crippen LogP contribution < -0.4 is 0 Å². The van der Waals surface area contributed by atoms with Gasteiger partial charge >= 0.3 is 0 Å². The summed E-state index contributed by atoms with van der Waals surface area (Å²) >= 11 is 7.00. The second-order valence-corrected chi connectivity index (χ2v) is 4.90. The summed E-state index contributed by atoms with van der Waals surface area (Å²) < 4.78 is 4.30. The van der Waals surface area contributed by atoms with Crippen molar-refractivity contribution in [2.75, 3.05) is 0 Å². The number of rotatable bonds is 1. The van der Waals surface area contributed by atoms with Gasteiger partial charge in [-0.3, -0.25) is 0 Å². The minimum atomic E-state index is 1.09. The molecule has 0 aliphatic carbocycles. The van der Waals surface area contributed by atoms with E-state index in [1.54, 1.807) is 0 Å². The Labute approximate surface area is 100 Å². The van der Waals surface area contributed by atoms with Crippen LogP contribution in [0.5, 0.6) is 0 Å². The Bertz CT molecular complexity index is 460. The van der Waals surface area contributed by atoms with Crippen molar-refractivity contribution in [3.05, 3.63) is 45.5 Å². The third kappa shape index (κ3) is 1.79. The Kier molecular flexibility index (Phi) is 2.79. The third-order valence-corrected chi connectivity index (χ3v) is 3.30. The fraction of sp³-hybridized carbons (Fsp3) is 0.0909. The summed E-state index contributed by atoms with van der Waals surface area (Å²) in [7, 11) is 2.05. The number of halogens is 2. The molecule has 0 aliphatic rings. The smallest absolute Gasteiger partial charge is 0.0489 e. The standard InChI is InChI=1S/C11H9Br2N/c1-14-6-2-3-11(14)9-5-4-8(12)7-10(9)13/h2-7H,1H3. The predicted octanol–water partition coefficient (Wildman–Crippen LogP) is 4.22. The average Bonchev–Trinajstić information content (AvgIpc) is 2.52. The average molecular weight is 315 g/mol. The molecule has 0 spiro atoms. The lowest BCUT2D eigenvalue weighted by molar-refractivity contribution is 0.936. The minimum Gasteiger partial charge on any atom is -0.351 e. The van der Waals surface area contributed by atoms with E-state index in [4.69, 9.17) is 0 Å². The van der Waals surface area contributed by atoms with Crippen molar-refractivity contribution in [2.45, 2.75) is 0 Å². The number of hydrogen-bond acceptors (Lipinski definition) is 0. The van der Waals surface area contributed by atoms with Crippen LogP contribution in [0.25, 0.3) is 11.3 Å². The molecule has 0 N–H and O–H groups in total. The molecule has 0 radical (unpaired) electrons. The molecule has 2 rings (SSSR count). The first-order chi connectivity index (χ1) is 6.68. The van der Waals surface area contributed by atoms with Gasteiger partial charge in [0.25, 0.3) is 0 Å². The highest BCUT2D eigenvalue weighted by atomic mass is 79.9. The Morgan fingerprint density at radius 3 is 2.50 bits per heavy atom. The lowest BCUT2D eigenvalue weighted by Crippen LogP contribution is -1.89. The molecule has 0 unspecified atom stereocenters. The number of aryl methyl sites for hydroxylation is 1. The van der Waals surface area contributed by atoms with Crippen LogP contribution >= 0.6 is 31.9 Å². The molecule has 1 heterocycles. The van der Waals surface area contributed by atoms with Gasteiger partial charge in [0.05, 0.1) is 0 Å². The van der Waals surface area contributed by atoms with E-state index >= 15 is 0 Å². The summed E-state index contributed by atoms with van der Waals surface area (Å²) in [5.41, 5.74) is 2.42. The van der Waals surface area contributed by atoms with Gasteiger partial charge in [-0.1, -0.05) is 37.9 Å². The van der Waals surface area contributed by atoms with Gasteiger partial charge in [0.2, 0.25) is 0 Å². The molecule has 2 aromatic rings. The van der Waals surface area contributed by atoms with Crippen LogP contribution in [-0.2, 0) is 7.05 Å². The molecule has 0 bridgehead atoms. The molecule has 72 valence electrons. The summed E-state index contributed by atoms with van der Waals surface area (Å²) in [6.07, 6.45) is 2.05. The van der Waals surface area contributed by atoms with Gasteiger partial charge in [-0.25, -0.2) is 0 Å². The third-order valence-electron chi connectivity index (χ3n) is 2.15. The zero-order valence-corrected chi connectivity index (χ0v) is 10.8. The molecule has 1 aromatic heterocycles. The molecule has 0 saturated carbocycles. The van der Waals surface area contributed by atoms with Crippen LogP contribution in [0.3, 0.4) is 0 Å². The Balaban J connectivity index is 2.58. The quantitative estimate of drug-likeness (QED) is 0.743. The van der Waals surface area contributed by atoms with Crippen molar-refractivity contribution in [1.82, 2.24) is 4.57 Å². The summed E-state index contributed by atoms with van der Waals surface area (Å²) in [5.74, 6) is 0. The first kappa shape index (κ1) is 9.99. The van der Waals surface area contributed by atoms with E-state index in [2.05, 4.69) is 54.6 Å². The van der Waals surface area contributed by atoms with Crippen LogP contribution in [-0.4, -0.2) is 4.57 Å². The SMILES string of the molecule is Cn1cccc1-c1ccc(Br)cc1Br. The Hall–Kier alpha value is -0.540. The summed E-state index contributed by atoms with van der Waals surface area (Å²) in [6, 6.07) is 10.4. The summed E-state index contributed by atoms with van der Waals surface area (Å²) in [5, 5.41) is 0. The van der Waals surface area contributed by atoms with E-state index < -0.39 is 0 Å². The maximum absolute atomic E-state index is 3.56. The maximum atomic E-state index is 3.56. The molecular weight excluding hydrogens is 306 g/mol. The Morgan fingerprint density at radius 1 is 1.14 bits per heavy atom. The molecule has 3 heteroatoms. The summed E-state index contributed by atoms with van der Waals surface area (Å²) in [4.78, 5) is 0. The zero-order valence-electron chi connectivity index (χ0n) is 7.67. The van der Waals surface area contributed by atoms with E-state index in [1.807, 2.05) is 25.4 Å². The highest BCUT2D eigenvalue weighted by Crippen LogP contribution is 2.30. The molecule has 0 fully saturated rings. The van der Waals surface area contributed by atoms with E-state index in [0.29, 0.717) is 0 Å². The van der Waals surface area contributed by atoms with Gasteiger partial charge in [0.15, 0.2) is 0 Å². The molecule has 0 aliphatic heterocycles. The van der Waals surface area contributed by atoms with E-state index in [9.17, 15) is 0 Å². The lowest BCUT2D eigenvalue weighted by Gasteiger charge is -2.06. The predicted molar refractivity (Wildman–Crippen MR) is 66.2 cm³/mol. The topological polar surface area (TPSA) is 4.93 Å². The molecule has 14 heavy (non-hydrogen) atoms. The first-order valence-electron chi connectivity index (χ1n) is 4.25. The van der Waals surface area contributed by atoms with Crippen molar-refractivity contribution in [3.8, 4) is 11.3 Å². The van der Waals surface area contributed by atoms with Gasteiger partial charge in [-0.2, -0.15) is 0 Å². The number of aromatic nitrogens is 1. The van der Waals surface area contributed by atoms with Crippen LogP contribution in [0, 0.1) is 0 Å². The second-order valence-electron chi connectivity index (χ2n) is 3.13. The normalized spacial score (nSPS) is 10.5. The zero-order chi connectivity index (χ0) is 10.1. The van der Waals surface area contributed by atoms with Gasteiger partial charge < -0.3 is 4.57 Å². The maximum Gasteiger partial charge on any atom is 0.0489 e. The van der Waals surface area contributed by atoms with Crippen LogP contribution in [0.15, 0.2) is 45.5 Å². The van der Waals surface area contributed by atoms with Crippen molar-refractivity contribution in [3.63, 3.8) is 0 Å². The van der Waals surface area contributed by atoms with Crippen molar-refractivity contribution in [2.24, 2.45) is 7.05 Å². The molecule has 0 atom stereocenters. The highest BCUT2D eigenvalue weighted by Gasteiger charge is 2.05. The van der Waals surface area contributed by atoms with Crippen molar-refractivity contribution in [1.29, 1.82) is 0 Å². The molecular formula is C11H9Br2N. The fourth-order valence-electron chi connectivity index (χ4n) is 1.44. The molecule has 1 aromatic carbocycles. The second kappa shape index (κ2) is 3.91. The van der Waals surface area contributed by atoms with Gasteiger partial charge in [0.1, 0.15) is 0 Å². The largest absolute Gasteiger partial charge is 0.351 e. The van der Waals surface area contributed by atoms with E-state index in [-0.39, 0.29) is 0 Å². The van der Waals surface area contributed by atoms with Crippen LogP contribution in [0.2, 0.25) is 0 Å². The molecule has 0 saturated heterocycles. The number of nitrogens with zero attached hydrogens (tertiary/aromatic N) is 1. The molecule has 0 amide bonds. The monoisotopic (exact) mass is 313 g/mol. The van der Waals surface area contributed by atoms with Crippen molar-refractivity contribution < 1.29 is 0 Å². The van der Waals surface area contributed by atoms with Crippen LogP contribution in [0.1, 0.15) is 0 Å². The van der Waals surface area contributed by atoms with Gasteiger partial charge in [-0.15, -0.1) is 0 Å². The van der Waals surface area contributed by atoms with E-state index in [0.717, 1.165) is 8.95 Å². The highest BCUT2D eigenvalue weighted by molar-refractivity contribution is 9.11. The van der Waals surface area contributed by atoms with E-state index in [1.165, 1.54) is 11.3 Å². The lowest BCUT2D eigenvalue weighted by atomic mass is 10.1. The first-order valence-corrected chi connectivity index (χ1v) is 5.84.